The van der Waals surface area contributed by atoms with E-state index < -0.39 is 0 Å². The van der Waals surface area contributed by atoms with Crippen molar-refractivity contribution in [1.29, 1.82) is 0 Å². The van der Waals surface area contributed by atoms with E-state index in [1.54, 1.807) is 0 Å². The Morgan fingerprint density at radius 1 is 1.33 bits per heavy atom. The topological polar surface area (TPSA) is 18.5 Å². The monoisotopic (exact) mass is 168 g/mol. The van der Waals surface area contributed by atoms with E-state index in [4.69, 9.17) is 9.47 Å². The smallest absolute Gasteiger partial charge is 0.169 e. The van der Waals surface area contributed by atoms with Gasteiger partial charge in [-0.05, 0) is 11.8 Å². The first-order chi connectivity index (χ1) is 5.76. The fraction of sp³-hybridized carbons (Fsp3) is 0.800. The highest BCUT2D eigenvalue weighted by atomic mass is 16.7. The van der Waals surface area contributed by atoms with E-state index in [9.17, 15) is 0 Å². The molecule has 0 amide bonds. The van der Waals surface area contributed by atoms with Crippen LogP contribution >= 0.6 is 0 Å². The van der Waals surface area contributed by atoms with Gasteiger partial charge >= 0.3 is 0 Å². The first-order valence-electron chi connectivity index (χ1n) is 4.66. The van der Waals surface area contributed by atoms with Crippen molar-refractivity contribution in [2.75, 3.05) is 13.2 Å². The zero-order valence-electron chi connectivity index (χ0n) is 7.58. The molecule has 2 heteroatoms. The largest absolute Gasteiger partial charge is 0.348 e. The molecule has 2 fully saturated rings. The van der Waals surface area contributed by atoms with Crippen LogP contribution in [0.1, 0.15) is 19.8 Å². The van der Waals surface area contributed by atoms with Crippen molar-refractivity contribution in [3.8, 4) is 0 Å². The molecule has 1 saturated carbocycles. The highest BCUT2D eigenvalue weighted by Gasteiger charge is 2.46. The first kappa shape index (κ1) is 8.27. The summed E-state index contributed by atoms with van der Waals surface area (Å²) >= 11 is 0. The molecule has 2 nitrogen and oxygen atoms in total. The number of allylic oxidation sites excluding steroid dienone is 1. The van der Waals surface area contributed by atoms with Gasteiger partial charge in [-0.3, -0.25) is 0 Å². The maximum absolute atomic E-state index is 5.63. The molecular formula is C10H16O2. The van der Waals surface area contributed by atoms with E-state index in [2.05, 4.69) is 13.5 Å². The van der Waals surface area contributed by atoms with Gasteiger partial charge in [0.15, 0.2) is 5.79 Å². The Morgan fingerprint density at radius 2 is 2.00 bits per heavy atom. The number of rotatable bonds is 1. The molecule has 0 unspecified atom stereocenters. The molecular weight excluding hydrogens is 152 g/mol. The minimum absolute atomic E-state index is 0.238. The average molecular weight is 168 g/mol. The molecule has 1 aliphatic heterocycles. The van der Waals surface area contributed by atoms with Gasteiger partial charge in [-0.1, -0.05) is 13.0 Å². The highest BCUT2D eigenvalue weighted by molar-refractivity contribution is 4.97. The van der Waals surface area contributed by atoms with Crippen LogP contribution in [0.25, 0.3) is 0 Å². The molecule has 0 aromatic carbocycles. The van der Waals surface area contributed by atoms with Crippen LogP contribution in [0.15, 0.2) is 12.7 Å². The van der Waals surface area contributed by atoms with Gasteiger partial charge in [-0.25, -0.2) is 0 Å². The van der Waals surface area contributed by atoms with E-state index >= 15 is 0 Å². The Kier molecular flexibility index (Phi) is 1.97. The Bertz CT molecular complexity index is 182. The Labute approximate surface area is 73.5 Å². The third kappa shape index (κ3) is 1.19. The van der Waals surface area contributed by atoms with E-state index in [-0.39, 0.29) is 5.79 Å². The fourth-order valence-corrected chi connectivity index (χ4v) is 2.33. The summed E-state index contributed by atoms with van der Waals surface area (Å²) < 4.78 is 11.3. The lowest BCUT2D eigenvalue weighted by molar-refractivity contribution is -0.153. The normalized spacial score (nSPS) is 39.1. The standard InChI is InChI=1S/C10H16O2/c1-3-9-7-10(6-8(9)2)11-4-5-12-10/h3,8-9H,1,4-7H2,2H3/t8-,9+/m0/s1. The van der Waals surface area contributed by atoms with Crippen LogP contribution in [0, 0.1) is 11.8 Å². The minimum Gasteiger partial charge on any atom is -0.348 e. The lowest BCUT2D eigenvalue weighted by Crippen LogP contribution is -2.26. The predicted octanol–water partition coefficient (Wildman–Crippen LogP) is 1.96. The molecule has 1 spiro atoms. The summed E-state index contributed by atoms with van der Waals surface area (Å²) in [4.78, 5) is 0. The van der Waals surface area contributed by atoms with Gasteiger partial charge in [0, 0.05) is 12.8 Å². The van der Waals surface area contributed by atoms with E-state index in [0.29, 0.717) is 11.8 Å². The fourth-order valence-electron chi connectivity index (χ4n) is 2.33. The maximum Gasteiger partial charge on any atom is 0.169 e. The van der Waals surface area contributed by atoms with Gasteiger partial charge in [0.2, 0.25) is 0 Å². The number of hydrogen-bond donors (Lipinski definition) is 0. The van der Waals surface area contributed by atoms with Crippen LogP contribution < -0.4 is 0 Å². The third-order valence-corrected chi connectivity index (χ3v) is 3.03. The summed E-state index contributed by atoms with van der Waals surface area (Å²) in [6.07, 6.45) is 4.06. The van der Waals surface area contributed by atoms with Gasteiger partial charge < -0.3 is 9.47 Å². The van der Waals surface area contributed by atoms with Crippen LogP contribution in [-0.2, 0) is 9.47 Å². The molecule has 0 bridgehead atoms. The zero-order chi connectivity index (χ0) is 8.60. The molecule has 1 aliphatic carbocycles. The minimum atomic E-state index is -0.238. The molecule has 68 valence electrons. The van der Waals surface area contributed by atoms with Gasteiger partial charge in [-0.15, -0.1) is 6.58 Å². The van der Waals surface area contributed by atoms with Crippen molar-refractivity contribution >= 4 is 0 Å². The highest BCUT2D eigenvalue weighted by Crippen LogP contribution is 2.44. The molecule has 0 N–H and O–H groups in total. The maximum atomic E-state index is 5.63. The lowest BCUT2D eigenvalue weighted by Gasteiger charge is -2.20. The SMILES string of the molecule is C=C[C@@H]1CC2(C[C@@H]1C)OCCO2. The molecule has 2 rings (SSSR count). The van der Waals surface area contributed by atoms with Gasteiger partial charge in [0.1, 0.15) is 0 Å². The predicted molar refractivity (Wildman–Crippen MR) is 46.7 cm³/mol. The zero-order valence-corrected chi connectivity index (χ0v) is 7.58. The van der Waals surface area contributed by atoms with Crippen molar-refractivity contribution in [1.82, 2.24) is 0 Å². The van der Waals surface area contributed by atoms with Crippen LogP contribution in [-0.4, -0.2) is 19.0 Å². The van der Waals surface area contributed by atoms with E-state index in [1.807, 2.05) is 6.08 Å². The molecule has 1 saturated heterocycles. The van der Waals surface area contributed by atoms with Crippen LogP contribution in [0.4, 0.5) is 0 Å². The van der Waals surface area contributed by atoms with Crippen LogP contribution in [0.5, 0.6) is 0 Å². The Morgan fingerprint density at radius 3 is 2.50 bits per heavy atom. The molecule has 2 aliphatic rings. The molecule has 0 radical (unpaired) electrons. The van der Waals surface area contributed by atoms with Crippen molar-refractivity contribution in [2.24, 2.45) is 11.8 Å². The number of hydrogen-bond acceptors (Lipinski definition) is 2. The second-order valence-electron chi connectivity index (χ2n) is 3.89. The van der Waals surface area contributed by atoms with Crippen LogP contribution in [0.3, 0.4) is 0 Å². The van der Waals surface area contributed by atoms with Gasteiger partial charge in [0.05, 0.1) is 13.2 Å². The first-order valence-corrected chi connectivity index (χ1v) is 4.66. The molecule has 2 atom stereocenters. The number of ether oxygens (including phenoxy) is 2. The van der Waals surface area contributed by atoms with Crippen molar-refractivity contribution in [3.05, 3.63) is 12.7 Å². The van der Waals surface area contributed by atoms with Crippen molar-refractivity contribution in [2.45, 2.75) is 25.6 Å². The molecule has 1 heterocycles. The summed E-state index contributed by atoms with van der Waals surface area (Å²) in [6.45, 7) is 7.60. The lowest BCUT2D eigenvalue weighted by atomic mass is 9.99. The van der Waals surface area contributed by atoms with Gasteiger partial charge in [-0.2, -0.15) is 0 Å². The summed E-state index contributed by atoms with van der Waals surface area (Å²) in [7, 11) is 0. The second-order valence-corrected chi connectivity index (χ2v) is 3.89. The van der Waals surface area contributed by atoms with E-state index in [1.165, 1.54) is 0 Å². The van der Waals surface area contributed by atoms with E-state index in [0.717, 1.165) is 26.1 Å². The molecule has 0 aromatic heterocycles. The summed E-state index contributed by atoms with van der Waals surface area (Å²) in [5.74, 6) is 0.988. The molecule has 0 aromatic rings. The quantitative estimate of drug-likeness (QED) is 0.557. The summed E-state index contributed by atoms with van der Waals surface area (Å²) in [5.41, 5.74) is 0. The van der Waals surface area contributed by atoms with Gasteiger partial charge in [0.25, 0.3) is 0 Å². The summed E-state index contributed by atoms with van der Waals surface area (Å²) in [5, 5.41) is 0. The third-order valence-electron chi connectivity index (χ3n) is 3.03. The Balaban J connectivity index is 2.08. The summed E-state index contributed by atoms with van der Waals surface area (Å²) in [6, 6.07) is 0. The van der Waals surface area contributed by atoms with Crippen molar-refractivity contribution < 1.29 is 9.47 Å². The van der Waals surface area contributed by atoms with Crippen molar-refractivity contribution in [3.63, 3.8) is 0 Å². The second kappa shape index (κ2) is 2.86. The average Bonchev–Trinajstić information content (AvgIpc) is 2.60. The molecule has 12 heavy (non-hydrogen) atoms. The van der Waals surface area contributed by atoms with Crippen LogP contribution in [0.2, 0.25) is 0 Å². The Hall–Kier alpha value is -0.340.